The van der Waals surface area contributed by atoms with Crippen LogP contribution >= 0.6 is 11.6 Å². The Morgan fingerprint density at radius 3 is 2.65 bits per heavy atom. The van der Waals surface area contributed by atoms with Crippen LogP contribution in [-0.2, 0) is 0 Å². The highest BCUT2D eigenvalue weighted by atomic mass is 35.5. The second-order valence-corrected chi connectivity index (χ2v) is 5.32. The predicted octanol–water partition coefficient (Wildman–Crippen LogP) is 3.63. The topological polar surface area (TPSA) is 59.3 Å². The van der Waals surface area contributed by atoms with Gasteiger partial charge in [-0.3, -0.25) is 4.79 Å². The number of aromatic carboxylic acids is 1. The minimum atomic E-state index is -1.21. The third-order valence-corrected chi connectivity index (χ3v) is 4.09. The number of hydrogen-bond acceptors (Lipinski definition) is 2. The molecule has 1 aromatic carbocycles. The van der Waals surface area contributed by atoms with Crippen LogP contribution in [0.25, 0.3) is 10.9 Å². The zero-order valence-corrected chi connectivity index (χ0v) is 12.4. The third kappa shape index (κ3) is 2.20. The zero-order chi connectivity index (χ0) is 15.0. The molecule has 0 saturated heterocycles. The van der Waals surface area contributed by atoms with Gasteiger partial charge >= 0.3 is 5.97 Å². The largest absolute Gasteiger partial charge is 0.477 e. The van der Waals surface area contributed by atoms with Crippen molar-refractivity contribution in [2.24, 2.45) is 0 Å². The number of fused-ring (bicyclic) bond motifs is 1. The van der Waals surface area contributed by atoms with E-state index in [4.69, 9.17) is 11.6 Å². The van der Waals surface area contributed by atoms with E-state index in [2.05, 4.69) is 0 Å². The van der Waals surface area contributed by atoms with Crippen LogP contribution in [0.5, 0.6) is 0 Å². The van der Waals surface area contributed by atoms with E-state index in [9.17, 15) is 14.7 Å². The van der Waals surface area contributed by atoms with Gasteiger partial charge in [-0.25, -0.2) is 4.79 Å². The summed E-state index contributed by atoms with van der Waals surface area (Å²) in [5.74, 6) is -1.21. The molecule has 0 spiro atoms. The molecule has 5 heteroatoms. The van der Waals surface area contributed by atoms with Crippen molar-refractivity contribution in [3.8, 4) is 0 Å². The van der Waals surface area contributed by atoms with Gasteiger partial charge in [-0.2, -0.15) is 0 Å². The molecule has 0 aliphatic rings. The summed E-state index contributed by atoms with van der Waals surface area (Å²) in [4.78, 5) is 23.5. The summed E-state index contributed by atoms with van der Waals surface area (Å²) in [5.41, 5.74) is 0.826. The van der Waals surface area contributed by atoms with Crippen molar-refractivity contribution in [3.05, 3.63) is 44.7 Å². The number of nitrogens with zero attached hydrogens (tertiary/aromatic N) is 1. The summed E-state index contributed by atoms with van der Waals surface area (Å²) in [5, 5.41) is 10.2. The van der Waals surface area contributed by atoms with E-state index < -0.39 is 11.4 Å². The summed E-state index contributed by atoms with van der Waals surface area (Å²) in [7, 11) is 0. The Bertz CT molecular complexity index is 749. The molecule has 106 valence electrons. The minimum absolute atomic E-state index is 0.0772. The van der Waals surface area contributed by atoms with E-state index in [-0.39, 0.29) is 11.6 Å². The molecule has 20 heavy (non-hydrogen) atoms. The molecule has 2 rings (SSSR count). The van der Waals surface area contributed by atoms with Gasteiger partial charge in [0.1, 0.15) is 5.56 Å². The molecule has 4 nitrogen and oxygen atoms in total. The average Bonchev–Trinajstić information content (AvgIpc) is 2.42. The number of pyridine rings is 1. The number of benzene rings is 1. The van der Waals surface area contributed by atoms with Crippen LogP contribution in [-0.4, -0.2) is 15.6 Å². The Kier molecular flexibility index (Phi) is 3.86. The number of rotatable bonds is 3. The molecule has 0 radical (unpaired) electrons. The Morgan fingerprint density at radius 2 is 2.10 bits per heavy atom. The van der Waals surface area contributed by atoms with Crippen molar-refractivity contribution in [3.63, 3.8) is 0 Å². The maximum Gasteiger partial charge on any atom is 0.341 e. The summed E-state index contributed by atoms with van der Waals surface area (Å²) >= 11 is 6.13. The van der Waals surface area contributed by atoms with Gasteiger partial charge in [0.25, 0.3) is 0 Å². The molecular formula is C15H16ClNO3. The number of carbonyl (C=O) groups is 1. The first kappa shape index (κ1) is 14.6. The van der Waals surface area contributed by atoms with Gasteiger partial charge in [-0.05, 0) is 38.0 Å². The van der Waals surface area contributed by atoms with Crippen molar-refractivity contribution in [1.29, 1.82) is 0 Å². The van der Waals surface area contributed by atoms with Crippen LogP contribution in [0.2, 0.25) is 5.02 Å². The quantitative estimate of drug-likeness (QED) is 0.940. The van der Waals surface area contributed by atoms with E-state index in [0.29, 0.717) is 15.9 Å². The summed E-state index contributed by atoms with van der Waals surface area (Å²) < 4.78 is 1.83. The van der Waals surface area contributed by atoms with E-state index in [1.54, 1.807) is 12.1 Å². The fraction of sp³-hybridized carbons (Fsp3) is 0.333. The smallest absolute Gasteiger partial charge is 0.341 e. The molecule has 0 saturated carbocycles. The summed E-state index contributed by atoms with van der Waals surface area (Å²) in [6.07, 6.45) is 2.24. The number of aromatic nitrogens is 1. The normalized spacial score (nSPS) is 12.6. The Labute approximate surface area is 121 Å². The maximum atomic E-state index is 12.3. The lowest BCUT2D eigenvalue weighted by Gasteiger charge is -2.20. The van der Waals surface area contributed by atoms with Crippen LogP contribution in [0.4, 0.5) is 0 Å². The van der Waals surface area contributed by atoms with E-state index in [0.717, 1.165) is 12.0 Å². The van der Waals surface area contributed by atoms with Gasteiger partial charge in [0, 0.05) is 22.6 Å². The number of halogens is 1. The van der Waals surface area contributed by atoms with E-state index in [1.165, 1.54) is 6.20 Å². The SMILES string of the molecule is CCC(C)n1cc(C(=O)O)c(=O)c2ccc(Cl)c(C)c21. The summed E-state index contributed by atoms with van der Waals surface area (Å²) in [6, 6.07) is 3.30. The third-order valence-electron chi connectivity index (χ3n) is 3.68. The number of hydrogen-bond donors (Lipinski definition) is 1. The van der Waals surface area contributed by atoms with Gasteiger partial charge in [-0.15, -0.1) is 0 Å². The molecule has 0 bridgehead atoms. The molecule has 1 unspecified atom stereocenters. The standard InChI is InChI=1S/C15H16ClNO3/c1-4-8(2)17-7-11(15(19)20)14(18)10-5-6-12(16)9(3)13(10)17/h5-8H,4H2,1-3H3,(H,19,20). The van der Waals surface area contributed by atoms with Gasteiger partial charge in [0.2, 0.25) is 5.43 Å². The molecule has 2 aromatic rings. The lowest BCUT2D eigenvalue weighted by Crippen LogP contribution is -2.20. The minimum Gasteiger partial charge on any atom is -0.477 e. The van der Waals surface area contributed by atoms with Gasteiger partial charge < -0.3 is 9.67 Å². The van der Waals surface area contributed by atoms with Crippen molar-refractivity contribution < 1.29 is 9.90 Å². The van der Waals surface area contributed by atoms with Crippen molar-refractivity contribution in [2.75, 3.05) is 0 Å². The Hall–Kier alpha value is -1.81. The predicted molar refractivity (Wildman–Crippen MR) is 79.9 cm³/mol. The lowest BCUT2D eigenvalue weighted by molar-refractivity contribution is 0.0694. The molecule has 0 aliphatic heterocycles. The molecule has 1 heterocycles. The van der Waals surface area contributed by atoms with E-state index in [1.807, 2.05) is 25.3 Å². The highest BCUT2D eigenvalue weighted by molar-refractivity contribution is 6.32. The molecule has 0 fully saturated rings. The Morgan fingerprint density at radius 1 is 1.45 bits per heavy atom. The molecule has 0 aliphatic carbocycles. The van der Waals surface area contributed by atoms with Crippen LogP contribution in [0.3, 0.4) is 0 Å². The monoisotopic (exact) mass is 293 g/mol. The fourth-order valence-corrected chi connectivity index (χ4v) is 2.45. The molecule has 1 atom stereocenters. The summed E-state index contributed by atoms with van der Waals surface area (Å²) in [6.45, 7) is 5.83. The molecule has 0 amide bonds. The molecule has 1 aromatic heterocycles. The highest BCUT2D eigenvalue weighted by Gasteiger charge is 2.18. The van der Waals surface area contributed by atoms with Crippen molar-refractivity contribution in [1.82, 2.24) is 4.57 Å². The van der Waals surface area contributed by atoms with Gasteiger partial charge in [0.15, 0.2) is 0 Å². The highest BCUT2D eigenvalue weighted by Crippen LogP contribution is 2.27. The van der Waals surface area contributed by atoms with Gasteiger partial charge in [-0.1, -0.05) is 18.5 Å². The van der Waals surface area contributed by atoms with Crippen molar-refractivity contribution in [2.45, 2.75) is 33.2 Å². The number of carboxylic acids is 1. The first-order valence-electron chi connectivity index (χ1n) is 6.45. The van der Waals surface area contributed by atoms with Crippen LogP contribution in [0.15, 0.2) is 23.1 Å². The van der Waals surface area contributed by atoms with Crippen molar-refractivity contribution >= 4 is 28.5 Å². The van der Waals surface area contributed by atoms with E-state index >= 15 is 0 Å². The number of carboxylic acid groups (broad SMARTS) is 1. The number of aryl methyl sites for hydroxylation is 1. The average molecular weight is 294 g/mol. The first-order valence-corrected chi connectivity index (χ1v) is 6.83. The van der Waals surface area contributed by atoms with Crippen LogP contribution in [0.1, 0.15) is 42.2 Å². The molecule has 1 N–H and O–H groups in total. The van der Waals surface area contributed by atoms with Crippen LogP contribution in [0, 0.1) is 6.92 Å². The zero-order valence-electron chi connectivity index (χ0n) is 11.6. The second-order valence-electron chi connectivity index (χ2n) is 4.91. The lowest BCUT2D eigenvalue weighted by atomic mass is 10.1. The second kappa shape index (κ2) is 5.29. The molecular weight excluding hydrogens is 278 g/mol. The van der Waals surface area contributed by atoms with Gasteiger partial charge in [0.05, 0.1) is 5.52 Å². The van der Waals surface area contributed by atoms with Crippen LogP contribution < -0.4 is 5.43 Å². The maximum absolute atomic E-state index is 12.3. The Balaban J connectivity index is 3.01. The fourth-order valence-electron chi connectivity index (χ4n) is 2.30. The first-order chi connectivity index (χ1) is 9.38.